The highest BCUT2D eigenvalue weighted by molar-refractivity contribution is 5.94. The highest BCUT2D eigenvalue weighted by Gasteiger charge is 2.18. The van der Waals surface area contributed by atoms with E-state index in [4.69, 9.17) is 4.74 Å². The molecule has 8 heteroatoms. The lowest BCUT2D eigenvalue weighted by Crippen LogP contribution is -2.40. The molecule has 3 aromatic rings. The minimum atomic E-state index is 0.0290. The maximum absolute atomic E-state index is 12.6. The summed E-state index contributed by atoms with van der Waals surface area (Å²) < 4.78 is 7.41. The van der Waals surface area contributed by atoms with E-state index >= 15 is 0 Å². The number of aryl methyl sites for hydroxylation is 1. The van der Waals surface area contributed by atoms with E-state index in [1.165, 1.54) is 0 Å². The number of benzene rings is 1. The highest BCUT2D eigenvalue weighted by atomic mass is 16.5. The summed E-state index contributed by atoms with van der Waals surface area (Å²) in [5.74, 6) is 1.48. The van der Waals surface area contributed by atoms with Crippen LogP contribution in [-0.4, -0.2) is 56.6 Å². The Labute approximate surface area is 169 Å². The molecule has 1 aliphatic rings. The van der Waals surface area contributed by atoms with Gasteiger partial charge in [0.1, 0.15) is 5.82 Å². The maximum atomic E-state index is 12.6. The minimum absolute atomic E-state index is 0.0290. The molecule has 2 aromatic heterocycles. The molecule has 1 amide bonds. The second kappa shape index (κ2) is 8.40. The van der Waals surface area contributed by atoms with Crippen LogP contribution in [0.1, 0.15) is 23.1 Å². The van der Waals surface area contributed by atoms with E-state index in [1.807, 2.05) is 48.4 Å². The summed E-state index contributed by atoms with van der Waals surface area (Å²) in [6.45, 7) is 7.34. The van der Waals surface area contributed by atoms with Crippen molar-refractivity contribution in [2.24, 2.45) is 0 Å². The highest BCUT2D eigenvalue weighted by Crippen LogP contribution is 2.21. The Morgan fingerprint density at radius 1 is 1.14 bits per heavy atom. The third kappa shape index (κ3) is 4.12. The quantitative estimate of drug-likeness (QED) is 0.719. The van der Waals surface area contributed by atoms with Crippen molar-refractivity contribution in [1.82, 2.24) is 24.4 Å². The molecule has 1 saturated heterocycles. The number of aromatic nitrogens is 4. The molecule has 150 valence electrons. The third-order valence-corrected chi connectivity index (χ3v) is 4.98. The number of rotatable bonds is 5. The summed E-state index contributed by atoms with van der Waals surface area (Å²) in [5, 5.41) is 3.21. The van der Waals surface area contributed by atoms with E-state index < -0.39 is 0 Å². The van der Waals surface area contributed by atoms with Crippen LogP contribution in [0.25, 0.3) is 11.4 Å². The second-order valence-corrected chi connectivity index (χ2v) is 6.81. The van der Waals surface area contributed by atoms with Crippen LogP contribution >= 0.6 is 0 Å². The Morgan fingerprint density at radius 3 is 2.62 bits per heavy atom. The predicted octanol–water partition coefficient (Wildman–Crippen LogP) is 2.88. The van der Waals surface area contributed by atoms with Gasteiger partial charge in [-0.15, -0.1) is 0 Å². The van der Waals surface area contributed by atoms with Crippen molar-refractivity contribution in [3.05, 3.63) is 54.1 Å². The van der Waals surface area contributed by atoms with Gasteiger partial charge in [0.25, 0.3) is 5.91 Å². The van der Waals surface area contributed by atoms with Gasteiger partial charge in [-0.1, -0.05) is 0 Å². The fraction of sp³-hybridized carbons (Fsp3) is 0.333. The van der Waals surface area contributed by atoms with Gasteiger partial charge in [-0.2, -0.15) is 0 Å². The number of anilines is 2. The molecular weight excluding hydrogens is 368 g/mol. The molecule has 0 spiro atoms. The topological polar surface area (TPSA) is 85.2 Å². The van der Waals surface area contributed by atoms with Crippen molar-refractivity contribution in [3.8, 4) is 11.4 Å². The van der Waals surface area contributed by atoms with Gasteiger partial charge in [-0.05, 0) is 44.2 Å². The molecule has 8 nitrogen and oxygen atoms in total. The van der Waals surface area contributed by atoms with E-state index in [-0.39, 0.29) is 5.91 Å². The van der Waals surface area contributed by atoms with Gasteiger partial charge < -0.3 is 19.5 Å². The summed E-state index contributed by atoms with van der Waals surface area (Å²) in [4.78, 5) is 27.7. The van der Waals surface area contributed by atoms with Crippen molar-refractivity contribution < 1.29 is 9.53 Å². The first-order chi connectivity index (χ1) is 14.2. The molecule has 0 unspecified atom stereocenters. The minimum Gasteiger partial charge on any atom is -0.378 e. The second-order valence-electron chi connectivity index (χ2n) is 6.81. The molecule has 0 radical (unpaired) electrons. The number of hydrogen-bond donors (Lipinski definition) is 1. The molecule has 0 saturated carbocycles. The first-order valence-electron chi connectivity index (χ1n) is 9.75. The molecular formula is C21H24N6O2. The Kier molecular flexibility index (Phi) is 5.53. The first-order valence-corrected chi connectivity index (χ1v) is 9.75. The molecule has 0 aliphatic carbocycles. The Hall–Kier alpha value is -3.26. The first kappa shape index (κ1) is 19.1. The van der Waals surface area contributed by atoms with Crippen molar-refractivity contribution in [2.75, 3.05) is 31.6 Å². The Morgan fingerprint density at radius 2 is 1.90 bits per heavy atom. The number of ether oxygens (including phenoxy) is 1. The van der Waals surface area contributed by atoms with Crippen LogP contribution in [0.4, 0.5) is 11.6 Å². The fourth-order valence-corrected chi connectivity index (χ4v) is 3.41. The van der Waals surface area contributed by atoms with E-state index in [2.05, 4.69) is 31.8 Å². The van der Waals surface area contributed by atoms with Crippen LogP contribution in [0.15, 0.2) is 42.7 Å². The zero-order chi connectivity index (χ0) is 20.2. The van der Waals surface area contributed by atoms with Crippen molar-refractivity contribution in [1.29, 1.82) is 0 Å². The van der Waals surface area contributed by atoms with Gasteiger partial charge in [0.2, 0.25) is 5.95 Å². The van der Waals surface area contributed by atoms with Crippen LogP contribution in [0, 0.1) is 6.92 Å². The van der Waals surface area contributed by atoms with Crippen LogP contribution in [0.2, 0.25) is 0 Å². The van der Waals surface area contributed by atoms with Crippen LogP contribution < -0.4 is 5.32 Å². The number of morpholine rings is 1. The largest absolute Gasteiger partial charge is 0.378 e. The van der Waals surface area contributed by atoms with Gasteiger partial charge >= 0.3 is 0 Å². The number of carbonyl (C=O) groups excluding carboxylic acids is 1. The van der Waals surface area contributed by atoms with Crippen LogP contribution in [0.5, 0.6) is 0 Å². The number of nitrogens with one attached hydrogen (secondary N) is 1. The van der Waals surface area contributed by atoms with Gasteiger partial charge in [-0.3, -0.25) is 4.79 Å². The molecule has 1 N–H and O–H groups in total. The average molecular weight is 392 g/mol. The van der Waals surface area contributed by atoms with E-state index in [0.29, 0.717) is 37.8 Å². The Bertz CT molecular complexity index is 993. The number of nitrogens with zero attached hydrogens (tertiary/aromatic N) is 5. The smallest absolute Gasteiger partial charge is 0.254 e. The van der Waals surface area contributed by atoms with Gasteiger partial charge in [-0.25, -0.2) is 15.0 Å². The lowest BCUT2D eigenvalue weighted by Gasteiger charge is -2.26. The van der Waals surface area contributed by atoms with Crippen molar-refractivity contribution in [2.45, 2.75) is 20.4 Å². The SMILES string of the molecule is CCn1c(-c2ccnc(Nc3ccc(C(=O)N4CCOCC4)cc3)n2)cnc1C. The maximum Gasteiger partial charge on any atom is 0.254 e. The fourth-order valence-electron chi connectivity index (χ4n) is 3.41. The zero-order valence-electron chi connectivity index (χ0n) is 16.6. The summed E-state index contributed by atoms with van der Waals surface area (Å²) in [6, 6.07) is 9.24. The van der Waals surface area contributed by atoms with E-state index in [9.17, 15) is 4.79 Å². The van der Waals surface area contributed by atoms with Crippen LogP contribution in [-0.2, 0) is 11.3 Å². The van der Waals surface area contributed by atoms with E-state index in [0.717, 1.165) is 29.4 Å². The zero-order valence-corrected chi connectivity index (χ0v) is 16.6. The molecule has 1 aliphatic heterocycles. The molecule has 1 fully saturated rings. The molecule has 0 atom stereocenters. The molecule has 0 bridgehead atoms. The number of carbonyl (C=O) groups is 1. The van der Waals surface area contributed by atoms with Crippen molar-refractivity contribution >= 4 is 17.5 Å². The monoisotopic (exact) mass is 392 g/mol. The lowest BCUT2D eigenvalue weighted by molar-refractivity contribution is 0.0303. The van der Waals surface area contributed by atoms with Crippen LogP contribution in [0.3, 0.4) is 0 Å². The number of hydrogen-bond acceptors (Lipinski definition) is 6. The van der Waals surface area contributed by atoms with Gasteiger partial charge in [0.15, 0.2) is 0 Å². The molecule has 29 heavy (non-hydrogen) atoms. The third-order valence-electron chi connectivity index (χ3n) is 4.98. The normalized spacial score (nSPS) is 14.1. The van der Waals surface area contributed by atoms with E-state index in [1.54, 1.807) is 6.20 Å². The average Bonchev–Trinajstić information content (AvgIpc) is 3.15. The molecule has 4 rings (SSSR count). The number of amides is 1. The summed E-state index contributed by atoms with van der Waals surface area (Å²) >= 11 is 0. The summed E-state index contributed by atoms with van der Waals surface area (Å²) in [5.41, 5.74) is 3.25. The molecule has 3 heterocycles. The summed E-state index contributed by atoms with van der Waals surface area (Å²) in [6.07, 6.45) is 3.56. The predicted molar refractivity (Wildman–Crippen MR) is 110 cm³/mol. The Balaban J connectivity index is 1.49. The summed E-state index contributed by atoms with van der Waals surface area (Å²) in [7, 11) is 0. The van der Waals surface area contributed by atoms with Gasteiger partial charge in [0.05, 0.1) is 30.8 Å². The van der Waals surface area contributed by atoms with Crippen molar-refractivity contribution in [3.63, 3.8) is 0 Å². The number of imidazole rings is 1. The van der Waals surface area contributed by atoms with Gasteiger partial charge in [0, 0.05) is 37.1 Å². The molecule has 1 aromatic carbocycles. The standard InChI is InChI=1S/C21H24N6O2/c1-3-27-15(2)23-14-19(27)18-8-9-22-21(25-18)24-17-6-4-16(5-7-17)20(28)26-10-12-29-13-11-26/h4-9,14H,3,10-13H2,1-2H3,(H,22,24,25). The lowest BCUT2D eigenvalue weighted by atomic mass is 10.1.